The zero-order chi connectivity index (χ0) is 16.3. The van der Waals surface area contributed by atoms with Crippen molar-refractivity contribution in [2.24, 2.45) is 5.41 Å². The summed E-state index contributed by atoms with van der Waals surface area (Å²) in [6.45, 7) is 6.40. The minimum atomic E-state index is -0.304. The van der Waals surface area contributed by atoms with Gasteiger partial charge in [0.25, 0.3) is 0 Å². The Bertz CT molecular complexity index is 539. The molecule has 0 radical (unpaired) electrons. The van der Waals surface area contributed by atoms with Crippen molar-refractivity contribution in [3.63, 3.8) is 0 Å². The summed E-state index contributed by atoms with van der Waals surface area (Å²) in [5.41, 5.74) is 0.817. The van der Waals surface area contributed by atoms with E-state index in [1.54, 1.807) is 14.2 Å². The fourth-order valence-electron chi connectivity index (χ4n) is 2.43. The molecule has 0 amide bonds. The number of nitrogens with zero attached hydrogens (tertiary/aromatic N) is 1. The van der Waals surface area contributed by atoms with Gasteiger partial charge in [-0.25, -0.2) is 0 Å². The van der Waals surface area contributed by atoms with Gasteiger partial charge in [-0.3, -0.25) is 9.69 Å². The Morgan fingerprint density at radius 3 is 2.64 bits per heavy atom. The van der Waals surface area contributed by atoms with Crippen LogP contribution in [0.4, 0.5) is 0 Å². The molecule has 0 aromatic heterocycles. The number of rotatable bonds is 5. The smallest absolute Gasteiger partial charge is 0.152 e. The lowest BCUT2D eigenvalue weighted by molar-refractivity contribution is -0.127. The van der Waals surface area contributed by atoms with E-state index >= 15 is 0 Å². The molecule has 0 aliphatic carbocycles. The van der Waals surface area contributed by atoms with Gasteiger partial charge in [0, 0.05) is 34.7 Å². The van der Waals surface area contributed by atoms with Crippen LogP contribution in [0.2, 0.25) is 0 Å². The van der Waals surface area contributed by atoms with Gasteiger partial charge in [-0.2, -0.15) is 0 Å². The number of Topliss-reactive ketones (excluding diaryl/α,β-unsaturated/α-hetero) is 1. The molecule has 1 aromatic carbocycles. The molecule has 5 heteroatoms. The number of thioether (sulfide) groups is 1. The summed E-state index contributed by atoms with van der Waals surface area (Å²) in [5, 5.41) is 0. The third-order valence-corrected chi connectivity index (χ3v) is 5.02. The second-order valence-electron chi connectivity index (χ2n) is 6.54. The molecule has 0 saturated carbocycles. The van der Waals surface area contributed by atoms with E-state index in [0.717, 1.165) is 28.7 Å². The van der Waals surface area contributed by atoms with Crippen LogP contribution in [0.5, 0.6) is 11.5 Å². The molecule has 1 aromatic rings. The first kappa shape index (κ1) is 17.2. The molecule has 0 N–H and O–H groups in total. The quantitative estimate of drug-likeness (QED) is 0.831. The van der Waals surface area contributed by atoms with Crippen LogP contribution in [0.15, 0.2) is 18.2 Å². The lowest BCUT2D eigenvalue weighted by Gasteiger charge is -2.27. The van der Waals surface area contributed by atoms with E-state index in [4.69, 9.17) is 9.47 Å². The summed E-state index contributed by atoms with van der Waals surface area (Å²) in [4.78, 5) is 14.6. The molecule has 0 spiro atoms. The van der Waals surface area contributed by atoms with E-state index in [0.29, 0.717) is 6.54 Å². The molecule has 0 bridgehead atoms. The van der Waals surface area contributed by atoms with Gasteiger partial charge in [0.15, 0.2) is 5.78 Å². The number of ether oxygens (including phenoxy) is 2. The Morgan fingerprint density at radius 2 is 2.05 bits per heavy atom. The van der Waals surface area contributed by atoms with Crippen LogP contribution in [-0.2, 0) is 4.79 Å². The first-order chi connectivity index (χ1) is 10.4. The van der Waals surface area contributed by atoms with E-state index in [1.165, 1.54) is 0 Å². The highest BCUT2D eigenvalue weighted by Crippen LogP contribution is 2.39. The third kappa shape index (κ3) is 3.76. The molecule has 1 aliphatic heterocycles. The number of hydrogen-bond donors (Lipinski definition) is 0. The Morgan fingerprint density at radius 1 is 1.32 bits per heavy atom. The van der Waals surface area contributed by atoms with Crippen molar-refractivity contribution in [1.29, 1.82) is 0 Å². The molecule has 1 fully saturated rings. The number of carbonyl (C=O) groups is 1. The Balaban J connectivity index is 2.22. The molecule has 1 heterocycles. The standard InChI is InChI=1S/C17H25NO3S/c1-17(2,3)16(19)9-18-11-22-10-14(18)13-7-6-12(20-4)8-15(13)21-5/h6-8,14H,9-11H2,1-5H3. The number of carbonyl (C=O) groups excluding carboxylic acids is 1. The van der Waals surface area contributed by atoms with Crippen molar-refractivity contribution in [2.45, 2.75) is 26.8 Å². The average Bonchev–Trinajstić information content (AvgIpc) is 2.93. The predicted octanol–water partition coefficient (Wildman–Crippen LogP) is 3.37. The van der Waals surface area contributed by atoms with Gasteiger partial charge in [0.2, 0.25) is 0 Å². The van der Waals surface area contributed by atoms with Crippen LogP contribution in [0.3, 0.4) is 0 Å². The van der Waals surface area contributed by atoms with Gasteiger partial charge < -0.3 is 9.47 Å². The molecule has 122 valence electrons. The maximum Gasteiger partial charge on any atom is 0.152 e. The largest absolute Gasteiger partial charge is 0.497 e. The highest BCUT2D eigenvalue weighted by Gasteiger charge is 2.33. The van der Waals surface area contributed by atoms with Gasteiger partial charge in [0.05, 0.1) is 20.8 Å². The second kappa shape index (κ2) is 6.92. The van der Waals surface area contributed by atoms with Crippen molar-refractivity contribution in [3.05, 3.63) is 23.8 Å². The van der Waals surface area contributed by atoms with Crippen molar-refractivity contribution in [3.8, 4) is 11.5 Å². The minimum absolute atomic E-state index is 0.206. The topological polar surface area (TPSA) is 38.8 Å². The summed E-state index contributed by atoms with van der Waals surface area (Å²) < 4.78 is 10.8. The van der Waals surface area contributed by atoms with Gasteiger partial charge in [-0.15, -0.1) is 11.8 Å². The number of benzene rings is 1. The maximum atomic E-state index is 12.4. The summed E-state index contributed by atoms with van der Waals surface area (Å²) in [6.07, 6.45) is 0. The van der Waals surface area contributed by atoms with Crippen molar-refractivity contribution in [1.82, 2.24) is 4.90 Å². The van der Waals surface area contributed by atoms with Crippen LogP contribution in [0, 0.1) is 5.41 Å². The van der Waals surface area contributed by atoms with Crippen LogP contribution in [-0.4, -0.2) is 43.1 Å². The van der Waals surface area contributed by atoms with Crippen molar-refractivity contribution < 1.29 is 14.3 Å². The zero-order valence-electron chi connectivity index (χ0n) is 14.0. The van der Waals surface area contributed by atoms with E-state index in [-0.39, 0.29) is 17.2 Å². The van der Waals surface area contributed by atoms with Crippen LogP contribution in [0.25, 0.3) is 0 Å². The molecule has 1 atom stereocenters. The molecule has 1 saturated heterocycles. The lowest BCUT2D eigenvalue weighted by atomic mass is 9.90. The van der Waals surface area contributed by atoms with Gasteiger partial charge >= 0.3 is 0 Å². The first-order valence-electron chi connectivity index (χ1n) is 7.44. The SMILES string of the molecule is COc1ccc(C2CSCN2CC(=O)C(C)(C)C)c(OC)c1. The molecule has 2 rings (SSSR count). The highest BCUT2D eigenvalue weighted by molar-refractivity contribution is 7.99. The van der Waals surface area contributed by atoms with E-state index in [1.807, 2.05) is 50.7 Å². The van der Waals surface area contributed by atoms with E-state index < -0.39 is 0 Å². The maximum absolute atomic E-state index is 12.4. The number of hydrogen-bond acceptors (Lipinski definition) is 5. The summed E-state index contributed by atoms with van der Waals surface area (Å²) >= 11 is 1.85. The van der Waals surface area contributed by atoms with E-state index in [2.05, 4.69) is 4.90 Å². The van der Waals surface area contributed by atoms with Crippen LogP contribution in [0.1, 0.15) is 32.4 Å². The highest BCUT2D eigenvalue weighted by atomic mass is 32.2. The number of ketones is 1. The Labute approximate surface area is 137 Å². The third-order valence-electron chi connectivity index (χ3n) is 3.96. The summed E-state index contributed by atoms with van der Waals surface area (Å²) in [6, 6.07) is 6.10. The van der Waals surface area contributed by atoms with Crippen molar-refractivity contribution >= 4 is 17.5 Å². The Hall–Kier alpha value is -1.20. The minimum Gasteiger partial charge on any atom is -0.497 e. The molecule has 1 unspecified atom stereocenters. The molecule has 4 nitrogen and oxygen atoms in total. The monoisotopic (exact) mass is 323 g/mol. The van der Waals surface area contributed by atoms with Crippen LogP contribution >= 0.6 is 11.8 Å². The zero-order valence-corrected chi connectivity index (χ0v) is 14.8. The average molecular weight is 323 g/mol. The van der Waals surface area contributed by atoms with Gasteiger partial charge in [-0.1, -0.05) is 26.8 Å². The summed E-state index contributed by atoms with van der Waals surface area (Å²) in [5.74, 6) is 3.72. The van der Waals surface area contributed by atoms with Crippen LogP contribution < -0.4 is 9.47 Å². The molecule has 1 aliphatic rings. The normalized spacial score (nSPS) is 19.2. The lowest BCUT2D eigenvalue weighted by Crippen LogP contribution is -2.35. The number of methoxy groups -OCH3 is 2. The van der Waals surface area contributed by atoms with Gasteiger partial charge in [0.1, 0.15) is 11.5 Å². The first-order valence-corrected chi connectivity index (χ1v) is 8.59. The van der Waals surface area contributed by atoms with E-state index in [9.17, 15) is 4.79 Å². The molecular weight excluding hydrogens is 298 g/mol. The predicted molar refractivity (Wildman–Crippen MR) is 90.8 cm³/mol. The van der Waals surface area contributed by atoms with Crippen molar-refractivity contribution in [2.75, 3.05) is 32.4 Å². The summed E-state index contributed by atoms with van der Waals surface area (Å²) in [7, 11) is 3.32. The second-order valence-corrected chi connectivity index (χ2v) is 7.54. The molecule has 22 heavy (non-hydrogen) atoms. The Kier molecular flexibility index (Phi) is 5.40. The fraction of sp³-hybridized carbons (Fsp3) is 0.588. The van der Waals surface area contributed by atoms with Gasteiger partial charge in [-0.05, 0) is 6.07 Å². The fourth-order valence-corrected chi connectivity index (χ4v) is 3.66. The molecular formula is C17H25NO3S.